The molecule has 0 saturated heterocycles. The van der Waals surface area contributed by atoms with Gasteiger partial charge < -0.3 is 20.5 Å². The lowest BCUT2D eigenvalue weighted by Gasteiger charge is -2.29. The van der Waals surface area contributed by atoms with Crippen LogP contribution in [0.1, 0.15) is 62.2 Å². The molecule has 0 aliphatic heterocycles. The maximum atomic E-state index is 13.3. The number of ether oxygens (including phenoxy) is 1. The largest absolute Gasteiger partial charge is 0.455 e. The van der Waals surface area contributed by atoms with Crippen molar-refractivity contribution in [3.63, 3.8) is 0 Å². The zero-order valence-corrected chi connectivity index (χ0v) is 23.2. The van der Waals surface area contributed by atoms with Crippen molar-refractivity contribution in [2.45, 2.75) is 63.0 Å². The second-order valence-corrected chi connectivity index (χ2v) is 10.6. The smallest absolute Gasteiger partial charge is 0.310 e. The fraction of sp³-hybridized carbons (Fsp3) is 0.424. The van der Waals surface area contributed by atoms with E-state index in [4.69, 9.17) is 4.74 Å². The molecule has 1 aliphatic rings. The van der Waals surface area contributed by atoms with Gasteiger partial charge in [-0.25, -0.2) is 0 Å². The third-order valence-electron chi connectivity index (χ3n) is 7.52. The van der Waals surface area contributed by atoms with Gasteiger partial charge in [-0.2, -0.15) is 0 Å². The van der Waals surface area contributed by atoms with Crippen LogP contribution < -0.4 is 10.6 Å². The van der Waals surface area contributed by atoms with E-state index >= 15 is 0 Å². The van der Waals surface area contributed by atoms with Gasteiger partial charge in [0.15, 0.2) is 0 Å². The number of rotatable bonds is 16. The second kappa shape index (κ2) is 15.8. The molecule has 0 aromatic heterocycles. The van der Waals surface area contributed by atoms with Gasteiger partial charge in [0, 0.05) is 6.42 Å². The summed E-state index contributed by atoms with van der Waals surface area (Å²) in [5.74, 6) is -1.98. The molecule has 1 fully saturated rings. The van der Waals surface area contributed by atoms with Gasteiger partial charge >= 0.3 is 5.97 Å². The van der Waals surface area contributed by atoms with Crippen LogP contribution in [0.2, 0.25) is 0 Å². The van der Waals surface area contributed by atoms with Crippen LogP contribution >= 0.6 is 0 Å². The number of benzene rings is 2. The molecule has 7 heteroatoms. The van der Waals surface area contributed by atoms with Crippen molar-refractivity contribution in [2.24, 2.45) is 11.8 Å². The Kier molecular flexibility index (Phi) is 12.2. The number of carbonyl (C=O) groups is 3. The van der Waals surface area contributed by atoms with E-state index in [-0.39, 0.29) is 37.4 Å². The predicted octanol–water partition coefficient (Wildman–Crippen LogP) is 4.83. The summed E-state index contributed by atoms with van der Waals surface area (Å²) < 4.78 is 5.98. The number of amides is 2. The van der Waals surface area contributed by atoms with Crippen LogP contribution in [0.4, 0.5) is 0 Å². The summed E-state index contributed by atoms with van der Waals surface area (Å²) in [6, 6.07) is 19.0. The highest BCUT2D eigenvalue weighted by Crippen LogP contribution is 2.29. The minimum Gasteiger partial charge on any atom is -0.455 e. The van der Waals surface area contributed by atoms with E-state index in [9.17, 15) is 19.5 Å². The minimum atomic E-state index is -0.699. The Morgan fingerprint density at radius 3 is 2.12 bits per heavy atom. The van der Waals surface area contributed by atoms with Crippen molar-refractivity contribution in [3.8, 4) is 0 Å². The zero-order valence-electron chi connectivity index (χ0n) is 23.2. The van der Waals surface area contributed by atoms with Crippen molar-refractivity contribution in [1.29, 1.82) is 0 Å². The third kappa shape index (κ3) is 9.19. The highest BCUT2D eigenvalue weighted by atomic mass is 16.5. The van der Waals surface area contributed by atoms with Gasteiger partial charge in [-0.15, -0.1) is 13.2 Å². The standard InChI is InChI=1S/C33H42N2O5/c1-3-13-27(22-30(37)35-33(24-36)19-11-12-20-33)31(38)34-23-29(26-17-9-6-10-18-26)40-32(39)28(14-4-2)21-25-15-7-5-8-16-25/h3-10,15-18,27-29,36H,1-2,11-14,19-24H2,(H,34,38)(H,35,37)/t27-,28+,29+/m1/s1. The van der Waals surface area contributed by atoms with Crippen LogP contribution in [0, 0.1) is 11.8 Å². The lowest BCUT2D eigenvalue weighted by molar-refractivity contribution is -0.154. The quantitative estimate of drug-likeness (QED) is 0.207. The summed E-state index contributed by atoms with van der Waals surface area (Å²) in [6.07, 6.45) is 7.29. The van der Waals surface area contributed by atoms with Crippen LogP contribution in [0.5, 0.6) is 0 Å². The number of aliphatic hydroxyl groups excluding tert-OH is 1. The number of aliphatic hydroxyl groups is 1. The number of hydrogen-bond donors (Lipinski definition) is 3. The summed E-state index contributed by atoms with van der Waals surface area (Å²) in [4.78, 5) is 39.3. The van der Waals surface area contributed by atoms with E-state index < -0.39 is 23.5 Å². The first-order valence-corrected chi connectivity index (χ1v) is 14.1. The molecule has 0 radical (unpaired) electrons. The Morgan fingerprint density at radius 1 is 0.925 bits per heavy atom. The monoisotopic (exact) mass is 546 g/mol. The molecule has 3 N–H and O–H groups in total. The predicted molar refractivity (Wildman–Crippen MR) is 156 cm³/mol. The summed E-state index contributed by atoms with van der Waals surface area (Å²) in [6.45, 7) is 7.51. The van der Waals surface area contributed by atoms with Gasteiger partial charge in [0.1, 0.15) is 6.10 Å². The van der Waals surface area contributed by atoms with Crippen molar-refractivity contribution < 1.29 is 24.2 Å². The Bertz CT molecular complexity index is 1110. The Labute approximate surface area is 237 Å². The molecule has 0 bridgehead atoms. The van der Waals surface area contributed by atoms with Crippen LogP contribution in [0.25, 0.3) is 0 Å². The molecular formula is C33H42N2O5. The summed E-state index contributed by atoms with van der Waals surface area (Å²) in [5.41, 5.74) is 1.19. The lowest BCUT2D eigenvalue weighted by atomic mass is 9.95. The van der Waals surface area contributed by atoms with Gasteiger partial charge in [0.05, 0.1) is 30.5 Å². The van der Waals surface area contributed by atoms with Gasteiger partial charge in [-0.1, -0.05) is 85.7 Å². The van der Waals surface area contributed by atoms with Crippen molar-refractivity contribution in [1.82, 2.24) is 10.6 Å². The van der Waals surface area contributed by atoms with Crippen LogP contribution in [0.3, 0.4) is 0 Å². The molecule has 214 valence electrons. The molecule has 2 aromatic rings. The maximum Gasteiger partial charge on any atom is 0.310 e. The lowest BCUT2D eigenvalue weighted by Crippen LogP contribution is -2.50. The molecule has 7 nitrogen and oxygen atoms in total. The van der Waals surface area contributed by atoms with Gasteiger partial charge in [0.2, 0.25) is 11.8 Å². The molecule has 1 saturated carbocycles. The van der Waals surface area contributed by atoms with Gasteiger partial charge in [-0.05, 0) is 43.2 Å². The zero-order chi connectivity index (χ0) is 28.8. The third-order valence-corrected chi connectivity index (χ3v) is 7.52. The number of allylic oxidation sites excluding steroid dienone is 2. The average Bonchev–Trinajstić information content (AvgIpc) is 3.44. The second-order valence-electron chi connectivity index (χ2n) is 10.6. The number of nitrogens with one attached hydrogen (secondary N) is 2. The first kappa shape index (κ1) is 30.8. The average molecular weight is 547 g/mol. The molecule has 2 amide bonds. The highest BCUT2D eigenvalue weighted by molar-refractivity contribution is 5.86. The number of esters is 1. The topological polar surface area (TPSA) is 105 Å². The summed E-state index contributed by atoms with van der Waals surface area (Å²) in [5, 5.41) is 15.7. The first-order chi connectivity index (χ1) is 19.4. The van der Waals surface area contributed by atoms with E-state index in [2.05, 4.69) is 23.8 Å². The van der Waals surface area contributed by atoms with Crippen molar-refractivity contribution >= 4 is 17.8 Å². The minimum absolute atomic E-state index is 0.0200. The van der Waals surface area contributed by atoms with Crippen LogP contribution in [-0.4, -0.2) is 41.6 Å². The van der Waals surface area contributed by atoms with Crippen LogP contribution in [0.15, 0.2) is 86.0 Å². The van der Waals surface area contributed by atoms with Gasteiger partial charge in [-0.3, -0.25) is 14.4 Å². The van der Waals surface area contributed by atoms with Crippen molar-refractivity contribution in [3.05, 3.63) is 97.1 Å². The molecular weight excluding hydrogens is 504 g/mol. The Hall–Kier alpha value is -3.71. The van der Waals surface area contributed by atoms with Gasteiger partial charge in [0.25, 0.3) is 0 Å². The summed E-state index contributed by atoms with van der Waals surface area (Å²) in [7, 11) is 0. The van der Waals surface area contributed by atoms with E-state index in [0.29, 0.717) is 19.3 Å². The molecule has 1 aliphatic carbocycles. The maximum absolute atomic E-state index is 13.3. The van der Waals surface area contributed by atoms with E-state index in [1.807, 2.05) is 60.7 Å². The summed E-state index contributed by atoms with van der Waals surface area (Å²) >= 11 is 0. The highest BCUT2D eigenvalue weighted by Gasteiger charge is 2.35. The first-order valence-electron chi connectivity index (χ1n) is 14.1. The van der Waals surface area contributed by atoms with E-state index in [1.165, 1.54) is 0 Å². The van der Waals surface area contributed by atoms with E-state index in [1.54, 1.807) is 12.2 Å². The Balaban J connectivity index is 1.66. The number of hydrogen-bond acceptors (Lipinski definition) is 5. The molecule has 3 rings (SSSR count). The van der Waals surface area contributed by atoms with Crippen LogP contribution in [-0.2, 0) is 25.5 Å². The normalized spacial score (nSPS) is 16.2. The SMILES string of the molecule is C=CC[C@H](CC(=O)NC1(CO)CCCC1)C(=O)NC[C@H](OC(=O)[C@@H](CC=C)Cc1ccccc1)c1ccccc1. The molecule has 0 heterocycles. The molecule has 0 spiro atoms. The number of carbonyl (C=O) groups excluding carboxylic acids is 3. The fourth-order valence-electron chi connectivity index (χ4n) is 5.26. The molecule has 0 unspecified atom stereocenters. The molecule has 40 heavy (non-hydrogen) atoms. The van der Waals surface area contributed by atoms with Crippen molar-refractivity contribution in [2.75, 3.05) is 13.2 Å². The van der Waals surface area contributed by atoms with E-state index in [0.717, 1.165) is 36.8 Å². The fourth-order valence-corrected chi connectivity index (χ4v) is 5.26. The molecule has 2 aromatic carbocycles. The molecule has 3 atom stereocenters. The Morgan fingerprint density at radius 2 is 1.52 bits per heavy atom.